The summed E-state index contributed by atoms with van der Waals surface area (Å²) in [7, 11) is 0. The van der Waals surface area contributed by atoms with E-state index in [9.17, 15) is 9.18 Å². The second-order valence-corrected chi connectivity index (χ2v) is 6.92. The van der Waals surface area contributed by atoms with Crippen LogP contribution in [0.15, 0.2) is 36.4 Å². The van der Waals surface area contributed by atoms with Gasteiger partial charge in [0.2, 0.25) is 5.91 Å². The molecule has 0 radical (unpaired) electrons. The summed E-state index contributed by atoms with van der Waals surface area (Å²) < 4.78 is 24.2. The fourth-order valence-corrected chi connectivity index (χ4v) is 3.12. The molecule has 1 amide bonds. The molecular weight excluding hydrogens is 359 g/mol. The summed E-state index contributed by atoms with van der Waals surface area (Å²) in [6.45, 7) is 4.82. The van der Waals surface area contributed by atoms with Crippen LogP contribution >= 0.6 is 11.6 Å². The molecule has 7 heteroatoms. The van der Waals surface area contributed by atoms with Crippen molar-refractivity contribution in [3.8, 4) is 11.5 Å². The first-order chi connectivity index (χ1) is 12.3. The third-order valence-electron chi connectivity index (χ3n) is 4.12. The van der Waals surface area contributed by atoms with Crippen LogP contribution < -0.4 is 20.1 Å². The van der Waals surface area contributed by atoms with Crippen LogP contribution in [0.5, 0.6) is 11.5 Å². The normalized spacial score (nSPS) is 13.4. The number of fused-ring (bicyclic) bond motifs is 1. The van der Waals surface area contributed by atoms with Gasteiger partial charge in [0.25, 0.3) is 0 Å². The Bertz CT molecular complexity index is 826. The molecule has 2 aromatic rings. The molecule has 0 spiro atoms. The third kappa shape index (κ3) is 4.26. The third-order valence-corrected chi connectivity index (χ3v) is 4.43. The molecule has 1 aliphatic rings. The van der Waals surface area contributed by atoms with Gasteiger partial charge in [-0.3, -0.25) is 10.1 Å². The molecule has 1 heterocycles. The summed E-state index contributed by atoms with van der Waals surface area (Å²) in [5.74, 6) is 0.666. The van der Waals surface area contributed by atoms with E-state index in [1.807, 2.05) is 13.8 Å². The molecule has 138 valence electrons. The van der Waals surface area contributed by atoms with Gasteiger partial charge in [0.1, 0.15) is 19.0 Å². The van der Waals surface area contributed by atoms with Gasteiger partial charge in [-0.2, -0.15) is 0 Å². The van der Waals surface area contributed by atoms with Crippen LogP contribution in [0.2, 0.25) is 5.02 Å². The second-order valence-electron chi connectivity index (χ2n) is 6.51. The Kier molecular flexibility index (Phi) is 5.34. The summed E-state index contributed by atoms with van der Waals surface area (Å²) in [5.41, 5.74) is 0.737. The van der Waals surface area contributed by atoms with Gasteiger partial charge in [-0.1, -0.05) is 17.7 Å². The zero-order valence-corrected chi connectivity index (χ0v) is 15.3. The molecule has 0 aromatic heterocycles. The van der Waals surface area contributed by atoms with Crippen LogP contribution in [0.4, 0.5) is 10.1 Å². The maximum Gasteiger partial charge on any atom is 0.238 e. The maximum absolute atomic E-state index is 13.2. The molecule has 26 heavy (non-hydrogen) atoms. The van der Waals surface area contributed by atoms with Crippen molar-refractivity contribution in [1.82, 2.24) is 5.32 Å². The first-order valence-corrected chi connectivity index (χ1v) is 8.63. The van der Waals surface area contributed by atoms with Gasteiger partial charge < -0.3 is 14.8 Å². The highest BCUT2D eigenvalue weighted by Crippen LogP contribution is 2.32. The number of hydrogen-bond donors (Lipinski definition) is 2. The average molecular weight is 379 g/mol. The van der Waals surface area contributed by atoms with Crippen LogP contribution in [0, 0.1) is 5.82 Å². The summed E-state index contributed by atoms with van der Waals surface area (Å²) in [6.07, 6.45) is 0. The lowest BCUT2D eigenvalue weighted by molar-refractivity contribution is -0.115. The minimum Gasteiger partial charge on any atom is -0.486 e. The molecule has 2 N–H and O–H groups in total. The van der Waals surface area contributed by atoms with E-state index in [0.717, 1.165) is 0 Å². The quantitative estimate of drug-likeness (QED) is 0.832. The van der Waals surface area contributed by atoms with Crippen molar-refractivity contribution in [3.63, 3.8) is 0 Å². The number of halogens is 2. The Hall–Kier alpha value is -2.31. The van der Waals surface area contributed by atoms with Gasteiger partial charge in [-0.15, -0.1) is 0 Å². The Morgan fingerprint density at radius 2 is 1.88 bits per heavy atom. The van der Waals surface area contributed by atoms with Crippen LogP contribution in [-0.2, 0) is 10.3 Å². The van der Waals surface area contributed by atoms with Gasteiger partial charge >= 0.3 is 0 Å². The number of rotatable bonds is 5. The van der Waals surface area contributed by atoms with Crippen molar-refractivity contribution >= 4 is 23.2 Å². The van der Waals surface area contributed by atoms with Crippen molar-refractivity contribution in [2.75, 3.05) is 25.1 Å². The molecule has 0 aliphatic carbocycles. The van der Waals surface area contributed by atoms with Gasteiger partial charge in [0.15, 0.2) is 11.5 Å². The number of benzene rings is 2. The van der Waals surface area contributed by atoms with Gasteiger partial charge in [-0.25, -0.2) is 4.39 Å². The zero-order chi connectivity index (χ0) is 18.7. The number of amides is 1. The fraction of sp³-hybridized carbons (Fsp3) is 0.316. The standard InChI is InChI=1S/C19H20ClFN2O3/c1-19(2,14-5-3-12(21)9-15(14)20)22-11-18(24)23-13-4-6-16-17(10-13)26-8-7-25-16/h3-6,9-10,22H,7-8,11H2,1-2H3,(H,23,24). The molecule has 0 fully saturated rings. The molecule has 2 aromatic carbocycles. The zero-order valence-electron chi connectivity index (χ0n) is 14.6. The van der Waals surface area contributed by atoms with E-state index in [4.69, 9.17) is 21.1 Å². The van der Waals surface area contributed by atoms with Gasteiger partial charge in [0.05, 0.1) is 6.54 Å². The maximum atomic E-state index is 13.2. The van der Waals surface area contributed by atoms with E-state index < -0.39 is 11.4 Å². The fourth-order valence-electron chi connectivity index (χ4n) is 2.72. The molecule has 0 bridgehead atoms. The first-order valence-electron chi connectivity index (χ1n) is 8.25. The molecule has 3 rings (SSSR count). The van der Waals surface area contributed by atoms with Crippen molar-refractivity contribution in [2.45, 2.75) is 19.4 Å². The molecule has 1 aliphatic heterocycles. The van der Waals surface area contributed by atoms with E-state index in [1.54, 1.807) is 24.3 Å². The Morgan fingerprint density at radius 3 is 2.62 bits per heavy atom. The Labute approximate surface area is 156 Å². The molecule has 0 saturated heterocycles. The minimum atomic E-state index is -0.602. The smallest absolute Gasteiger partial charge is 0.238 e. The van der Waals surface area contributed by atoms with Gasteiger partial charge in [-0.05, 0) is 43.7 Å². The lowest BCUT2D eigenvalue weighted by Crippen LogP contribution is -2.41. The van der Waals surface area contributed by atoms with Gasteiger partial charge in [0, 0.05) is 22.3 Å². The first kappa shape index (κ1) is 18.5. The molecule has 0 saturated carbocycles. The number of ether oxygens (including phenoxy) is 2. The van der Waals surface area contributed by atoms with Crippen LogP contribution in [0.1, 0.15) is 19.4 Å². The highest BCUT2D eigenvalue weighted by molar-refractivity contribution is 6.31. The summed E-state index contributed by atoms with van der Waals surface area (Å²) in [6, 6.07) is 9.47. The molecule has 5 nitrogen and oxygen atoms in total. The molecular formula is C19H20ClFN2O3. The number of anilines is 1. The predicted octanol–water partition coefficient (Wildman–Crippen LogP) is 3.71. The van der Waals surface area contributed by atoms with Crippen molar-refractivity contribution < 1.29 is 18.7 Å². The highest BCUT2D eigenvalue weighted by atomic mass is 35.5. The van der Waals surface area contributed by atoms with Crippen molar-refractivity contribution in [1.29, 1.82) is 0 Å². The molecule has 0 atom stereocenters. The number of hydrogen-bond acceptors (Lipinski definition) is 4. The Morgan fingerprint density at radius 1 is 1.15 bits per heavy atom. The average Bonchev–Trinajstić information content (AvgIpc) is 2.60. The Balaban J connectivity index is 1.61. The largest absolute Gasteiger partial charge is 0.486 e. The summed E-state index contributed by atoms with van der Waals surface area (Å²) in [4.78, 5) is 12.3. The molecule has 0 unspecified atom stereocenters. The van der Waals surface area contributed by atoms with E-state index in [-0.39, 0.29) is 12.5 Å². The van der Waals surface area contributed by atoms with Crippen molar-refractivity contribution in [2.24, 2.45) is 0 Å². The minimum absolute atomic E-state index is 0.0646. The lowest BCUT2D eigenvalue weighted by Gasteiger charge is -2.28. The number of nitrogens with one attached hydrogen (secondary N) is 2. The van der Waals surface area contributed by atoms with Crippen LogP contribution in [-0.4, -0.2) is 25.7 Å². The van der Waals surface area contributed by atoms with E-state index in [2.05, 4.69) is 10.6 Å². The van der Waals surface area contributed by atoms with Crippen LogP contribution in [0.3, 0.4) is 0 Å². The predicted molar refractivity (Wildman–Crippen MR) is 98.5 cm³/mol. The van der Waals surface area contributed by atoms with Crippen molar-refractivity contribution in [3.05, 3.63) is 52.8 Å². The second kappa shape index (κ2) is 7.51. The van der Waals surface area contributed by atoms with E-state index in [1.165, 1.54) is 12.1 Å². The van der Waals surface area contributed by atoms with Crippen LogP contribution in [0.25, 0.3) is 0 Å². The highest BCUT2D eigenvalue weighted by Gasteiger charge is 2.24. The van der Waals surface area contributed by atoms with E-state index >= 15 is 0 Å². The number of carbonyl (C=O) groups excluding carboxylic acids is 1. The topological polar surface area (TPSA) is 59.6 Å². The SMILES string of the molecule is CC(C)(NCC(=O)Nc1ccc2c(c1)OCCO2)c1ccc(F)cc1Cl. The summed E-state index contributed by atoms with van der Waals surface area (Å²) >= 11 is 6.12. The monoisotopic (exact) mass is 378 g/mol. The lowest BCUT2D eigenvalue weighted by atomic mass is 9.94. The number of carbonyl (C=O) groups is 1. The van der Waals surface area contributed by atoms with E-state index in [0.29, 0.717) is 41.0 Å². The summed E-state index contributed by atoms with van der Waals surface area (Å²) in [5, 5.41) is 6.27.